The molecule has 0 aliphatic carbocycles. The second-order valence-corrected chi connectivity index (χ2v) is 12.6. The highest BCUT2D eigenvalue weighted by atomic mass is 16.5. The van der Waals surface area contributed by atoms with Gasteiger partial charge in [0, 0.05) is 13.5 Å². The predicted molar refractivity (Wildman–Crippen MR) is 186 cm³/mol. The predicted octanol–water partition coefficient (Wildman–Crippen LogP) is 10.5. The number of allylic oxidation sites excluding steroid dienone is 1. The van der Waals surface area contributed by atoms with E-state index >= 15 is 0 Å². The number of benzene rings is 1. The molecule has 0 saturated carbocycles. The number of esters is 1. The van der Waals surface area contributed by atoms with Crippen LogP contribution in [-0.2, 0) is 25.5 Å². The molecule has 5 nitrogen and oxygen atoms in total. The van der Waals surface area contributed by atoms with E-state index in [-0.39, 0.29) is 18.4 Å². The van der Waals surface area contributed by atoms with Crippen LogP contribution in [-0.4, -0.2) is 38.2 Å². The monoisotopic (exact) mass is 614 g/mol. The number of rotatable bonds is 30. The zero-order valence-corrected chi connectivity index (χ0v) is 28.8. The highest BCUT2D eigenvalue weighted by Crippen LogP contribution is 2.15. The van der Waals surface area contributed by atoms with Gasteiger partial charge in [-0.2, -0.15) is 0 Å². The van der Waals surface area contributed by atoms with Gasteiger partial charge in [-0.05, 0) is 18.4 Å². The molecule has 0 bridgehead atoms. The van der Waals surface area contributed by atoms with Crippen molar-refractivity contribution >= 4 is 11.9 Å². The maximum Gasteiger partial charge on any atom is 0.328 e. The van der Waals surface area contributed by atoms with Gasteiger partial charge in [-0.25, -0.2) is 4.79 Å². The van der Waals surface area contributed by atoms with Crippen LogP contribution < -0.4 is 5.32 Å². The van der Waals surface area contributed by atoms with Gasteiger partial charge in [-0.1, -0.05) is 178 Å². The Morgan fingerprint density at radius 3 is 1.57 bits per heavy atom. The summed E-state index contributed by atoms with van der Waals surface area (Å²) in [5.41, 5.74) is 0.969. The van der Waals surface area contributed by atoms with E-state index in [0.717, 1.165) is 12.0 Å². The highest BCUT2D eigenvalue weighted by Gasteiger charge is 2.23. The Labute approximate surface area is 271 Å². The third-order valence-electron chi connectivity index (χ3n) is 8.62. The van der Waals surface area contributed by atoms with E-state index < -0.39 is 12.0 Å². The maximum atomic E-state index is 12.6. The zero-order chi connectivity index (χ0) is 31.9. The van der Waals surface area contributed by atoms with Crippen LogP contribution in [0, 0.1) is 0 Å². The summed E-state index contributed by atoms with van der Waals surface area (Å²) in [5, 5.41) is 2.82. The van der Waals surface area contributed by atoms with E-state index in [1.165, 1.54) is 142 Å². The molecule has 2 unspecified atom stereocenters. The van der Waals surface area contributed by atoms with Gasteiger partial charge in [0.05, 0.1) is 19.6 Å². The van der Waals surface area contributed by atoms with E-state index in [1.54, 1.807) is 7.11 Å². The summed E-state index contributed by atoms with van der Waals surface area (Å²) in [6.45, 7) is 2.29. The number of carbonyl (C=O) groups excluding carboxylic acids is 2. The number of nitrogens with one attached hydrogen (secondary N) is 1. The van der Waals surface area contributed by atoms with Gasteiger partial charge in [0.25, 0.3) is 0 Å². The van der Waals surface area contributed by atoms with E-state index in [2.05, 4.69) is 18.3 Å². The molecule has 5 heteroatoms. The van der Waals surface area contributed by atoms with Crippen molar-refractivity contribution in [2.75, 3.05) is 14.2 Å². The maximum absolute atomic E-state index is 12.6. The topological polar surface area (TPSA) is 64.6 Å². The van der Waals surface area contributed by atoms with Crippen molar-refractivity contribution in [1.29, 1.82) is 0 Å². The molecule has 0 fully saturated rings. The SMILES string of the molecule is CCCCCCCCCCCCCCCCCCCCCCC/C=C/C(CC(=O)NC(Cc1ccccc1)C(=O)OC)OC. The first-order valence-electron chi connectivity index (χ1n) is 18.2. The van der Waals surface area contributed by atoms with E-state index in [4.69, 9.17) is 9.47 Å². The highest BCUT2D eigenvalue weighted by molar-refractivity contribution is 5.85. The molecule has 0 radical (unpaired) electrons. The quantitative estimate of drug-likeness (QED) is 0.0532. The lowest BCUT2D eigenvalue weighted by Gasteiger charge is -2.18. The molecule has 0 aliphatic heterocycles. The molecule has 1 rings (SSSR count). The molecule has 252 valence electrons. The number of hydrogen-bond acceptors (Lipinski definition) is 4. The second kappa shape index (κ2) is 29.6. The van der Waals surface area contributed by atoms with Crippen molar-refractivity contribution in [2.45, 2.75) is 173 Å². The van der Waals surface area contributed by atoms with Crippen LogP contribution in [0.5, 0.6) is 0 Å². The lowest BCUT2D eigenvalue weighted by Crippen LogP contribution is -2.44. The molecule has 1 aromatic rings. The minimum atomic E-state index is -0.712. The smallest absolute Gasteiger partial charge is 0.328 e. The number of hydrogen-bond donors (Lipinski definition) is 1. The van der Waals surface area contributed by atoms with Crippen molar-refractivity contribution in [2.24, 2.45) is 0 Å². The van der Waals surface area contributed by atoms with Crippen LogP contribution >= 0.6 is 0 Å². The summed E-state index contributed by atoms with van der Waals surface area (Å²) in [7, 11) is 2.96. The van der Waals surface area contributed by atoms with Crippen molar-refractivity contribution in [1.82, 2.24) is 5.32 Å². The number of methoxy groups -OCH3 is 2. The van der Waals surface area contributed by atoms with Gasteiger partial charge in [0.15, 0.2) is 0 Å². The Morgan fingerprint density at radius 2 is 1.14 bits per heavy atom. The van der Waals surface area contributed by atoms with Crippen LogP contribution in [0.1, 0.15) is 160 Å². The minimum absolute atomic E-state index is 0.175. The average molecular weight is 614 g/mol. The molecular formula is C39H67NO4. The lowest BCUT2D eigenvalue weighted by atomic mass is 10.0. The molecule has 0 saturated heterocycles. The summed E-state index contributed by atoms with van der Waals surface area (Å²) in [4.78, 5) is 24.8. The number of unbranched alkanes of at least 4 members (excludes halogenated alkanes) is 21. The van der Waals surface area contributed by atoms with Crippen molar-refractivity contribution in [3.05, 3.63) is 48.0 Å². The molecule has 0 aromatic heterocycles. The summed E-state index contributed by atoms with van der Waals surface area (Å²) in [5.74, 6) is -0.663. The fraction of sp³-hybridized carbons (Fsp3) is 0.744. The van der Waals surface area contributed by atoms with Crippen LogP contribution in [0.25, 0.3) is 0 Å². The van der Waals surface area contributed by atoms with Crippen molar-refractivity contribution in [3.63, 3.8) is 0 Å². The average Bonchev–Trinajstić information content (AvgIpc) is 3.04. The molecule has 44 heavy (non-hydrogen) atoms. The molecule has 1 aromatic carbocycles. The third kappa shape index (κ3) is 23.3. The van der Waals surface area contributed by atoms with Crippen molar-refractivity contribution in [3.8, 4) is 0 Å². The largest absolute Gasteiger partial charge is 0.467 e. The molecule has 0 heterocycles. The fourth-order valence-corrected chi connectivity index (χ4v) is 5.79. The molecule has 1 N–H and O–H groups in total. The second-order valence-electron chi connectivity index (χ2n) is 12.6. The number of amides is 1. The van der Waals surface area contributed by atoms with Crippen molar-refractivity contribution < 1.29 is 19.1 Å². The Kier molecular flexibility index (Phi) is 26.8. The fourth-order valence-electron chi connectivity index (χ4n) is 5.79. The minimum Gasteiger partial charge on any atom is -0.467 e. The molecule has 0 spiro atoms. The first kappa shape index (κ1) is 39.9. The zero-order valence-electron chi connectivity index (χ0n) is 28.8. The molecular weight excluding hydrogens is 546 g/mol. The molecule has 0 aliphatic rings. The van der Waals surface area contributed by atoms with Gasteiger partial charge >= 0.3 is 5.97 Å². The van der Waals surface area contributed by atoms with E-state index in [0.29, 0.717) is 6.42 Å². The summed E-state index contributed by atoms with van der Waals surface area (Å²) < 4.78 is 10.4. The first-order valence-corrected chi connectivity index (χ1v) is 18.2. The Hall–Kier alpha value is -2.14. The first-order chi connectivity index (χ1) is 21.6. The number of ether oxygens (including phenoxy) is 2. The lowest BCUT2D eigenvalue weighted by molar-refractivity contribution is -0.145. The number of carbonyl (C=O) groups is 2. The standard InChI is InChI=1S/C39H67NO4/c1-4-5-6-7-8-9-10-11-12-13-14-15-16-17-18-19-20-21-22-23-24-25-29-32-36(43-2)34-38(41)40-37(39(42)44-3)33-35-30-27-26-28-31-35/h26-32,36-37H,4-25,33-34H2,1-3H3,(H,40,41)/b32-29+. The van der Waals surface area contributed by atoms with E-state index in [9.17, 15) is 9.59 Å². The van der Waals surface area contributed by atoms with Gasteiger partial charge in [0.2, 0.25) is 5.91 Å². The Balaban J connectivity index is 1.97. The van der Waals surface area contributed by atoms with Crippen LogP contribution in [0.4, 0.5) is 0 Å². The van der Waals surface area contributed by atoms with Gasteiger partial charge in [0.1, 0.15) is 6.04 Å². The van der Waals surface area contributed by atoms with Gasteiger partial charge in [-0.15, -0.1) is 0 Å². The Bertz CT molecular complexity index is 825. The van der Waals surface area contributed by atoms with Gasteiger partial charge in [-0.3, -0.25) is 4.79 Å². The van der Waals surface area contributed by atoms with Crippen LogP contribution in [0.3, 0.4) is 0 Å². The summed E-state index contributed by atoms with van der Waals surface area (Å²) >= 11 is 0. The van der Waals surface area contributed by atoms with Crippen LogP contribution in [0.2, 0.25) is 0 Å². The summed E-state index contributed by atoms with van der Waals surface area (Å²) in [6.07, 6.45) is 34.6. The normalized spacial score (nSPS) is 12.8. The van der Waals surface area contributed by atoms with Gasteiger partial charge < -0.3 is 14.8 Å². The molecule has 2 atom stereocenters. The Morgan fingerprint density at radius 1 is 0.682 bits per heavy atom. The molecule has 1 amide bonds. The summed E-state index contributed by atoms with van der Waals surface area (Å²) in [6, 6.07) is 8.91. The van der Waals surface area contributed by atoms with Crippen LogP contribution in [0.15, 0.2) is 42.5 Å². The third-order valence-corrected chi connectivity index (χ3v) is 8.62. The van der Waals surface area contributed by atoms with E-state index in [1.807, 2.05) is 36.4 Å².